The van der Waals surface area contributed by atoms with Gasteiger partial charge in [0.2, 0.25) is 5.91 Å². The van der Waals surface area contributed by atoms with Crippen molar-refractivity contribution in [3.05, 3.63) is 71.3 Å². The van der Waals surface area contributed by atoms with Crippen LogP contribution in [0.25, 0.3) is 0 Å². The van der Waals surface area contributed by atoms with Crippen LogP contribution in [-0.2, 0) is 11.3 Å². The number of carbonyl (C=O) groups excluding carboxylic acids is 2. The molecule has 0 saturated carbocycles. The van der Waals surface area contributed by atoms with Crippen molar-refractivity contribution in [2.75, 3.05) is 20.6 Å². The third-order valence-corrected chi connectivity index (χ3v) is 4.79. The summed E-state index contributed by atoms with van der Waals surface area (Å²) in [6.45, 7) is 4.94. The minimum atomic E-state index is -0.340. The van der Waals surface area contributed by atoms with Crippen molar-refractivity contribution in [2.45, 2.75) is 26.4 Å². The normalized spacial score (nSPS) is 12.9. The van der Waals surface area contributed by atoms with Crippen molar-refractivity contribution >= 4 is 11.8 Å². The highest BCUT2D eigenvalue weighted by atomic mass is 16.2. The van der Waals surface area contributed by atoms with E-state index in [4.69, 9.17) is 5.73 Å². The summed E-state index contributed by atoms with van der Waals surface area (Å²) in [5, 5.41) is 0. The molecule has 0 aromatic heterocycles. The van der Waals surface area contributed by atoms with Gasteiger partial charge in [-0.3, -0.25) is 9.59 Å². The first-order valence-corrected chi connectivity index (χ1v) is 9.25. The number of carbonyl (C=O) groups is 2. The second-order valence-corrected chi connectivity index (χ2v) is 6.97. The van der Waals surface area contributed by atoms with Crippen molar-refractivity contribution in [3.8, 4) is 0 Å². The average molecular weight is 367 g/mol. The van der Waals surface area contributed by atoms with Gasteiger partial charge in [0.15, 0.2) is 0 Å². The van der Waals surface area contributed by atoms with Crippen LogP contribution in [0.1, 0.15) is 41.4 Å². The van der Waals surface area contributed by atoms with Gasteiger partial charge in [-0.05, 0) is 30.2 Å². The van der Waals surface area contributed by atoms with Crippen LogP contribution in [0, 0.1) is 5.92 Å². The van der Waals surface area contributed by atoms with Gasteiger partial charge in [-0.15, -0.1) is 0 Å². The summed E-state index contributed by atoms with van der Waals surface area (Å²) in [5.41, 5.74) is 8.90. The summed E-state index contributed by atoms with van der Waals surface area (Å²) in [4.78, 5) is 28.3. The number of nitrogens with zero attached hydrogens (tertiary/aromatic N) is 2. The van der Waals surface area contributed by atoms with Crippen LogP contribution in [-0.4, -0.2) is 42.3 Å². The fourth-order valence-corrected chi connectivity index (χ4v) is 2.98. The molecule has 0 aliphatic rings. The monoisotopic (exact) mass is 367 g/mol. The van der Waals surface area contributed by atoms with E-state index in [9.17, 15) is 9.59 Å². The van der Waals surface area contributed by atoms with Crippen LogP contribution in [0.15, 0.2) is 54.6 Å². The fourth-order valence-electron chi connectivity index (χ4n) is 2.98. The number of amides is 2. The number of rotatable bonds is 7. The average Bonchev–Trinajstić information content (AvgIpc) is 2.70. The topological polar surface area (TPSA) is 66.6 Å². The van der Waals surface area contributed by atoms with Crippen LogP contribution in [0.3, 0.4) is 0 Å². The summed E-state index contributed by atoms with van der Waals surface area (Å²) in [6.07, 6.45) is 0. The van der Waals surface area contributed by atoms with E-state index in [2.05, 4.69) is 0 Å². The molecule has 27 heavy (non-hydrogen) atoms. The highest BCUT2D eigenvalue weighted by molar-refractivity contribution is 5.93. The van der Waals surface area contributed by atoms with Crippen molar-refractivity contribution in [3.63, 3.8) is 0 Å². The molecule has 5 heteroatoms. The molecule has 0 saturated heterocycles. The van der Waals surface area contributed by atoms with E-state index in [-0.39, 0.29) is 23.8 Å². The Morgan fingerprint density at radius 2 is 1.59 bits per heavy atom. The third-order valence-electron chi connectivity index (χ3n) is 4.79. The molecule has 0 bridgehead atoms. The lowest BCUT2D eigenvalue weighted by Gasteiger charge is -2.28. The Bertz CT molecular complexity index is 757. The Morgan fingerprint density at radius 1 is 1.00 bits per heavy atom. The molecule has 0 fully saturated rings. The summed E-state index contributed by atoms with van der Waals surface area (Å²) in [6, 6.07) is 16.8. The van der Waals surface area contributed by atoms with Crippen molar-refractivity contribution < 1.29 is 9.59 Å². The summed E-state index contributed by atoms with van der Waals surface area (Å²) in [7, 11) is 3.45. The highest BCUT2D eigenvalue weighted by Crippen LogP contribution is 2.22. The maximum absolute atomic E-state index is 12.9. The Kier molecular flexibility index (Phi) is 7.13. The van der Waals surface area contributed by atoms with E-state index in [1.54, 1.807) is 36.0 Å². The first kappa shape index (κ1) is 20.6. The van der Waals surface area contributed by atoms with Crippen LogP contribution in [0.4, 0.5) is 0 Å². The van der Waals surface area contributed by atoms with Crippen molar-refractivity contribution in [2.24, 2.45) is 11.7 Å². The SMILES string of the molecule is CCN(Cc1ccc(C(=O)N(C)C)cc1)C(=O)C(C)C(N)c1ccccc1. The second kappa shape index (κ2) is 9.33. The van der Waals surface area contributed by atoms with E-state index in [0.29, 0.717) is 18.7 Å². The number of nitrogens with two attached hydrogens (primary N) is 1. The molecule has 0 spiro atoms. The first-order chi connectivity index (χ1) is 12.8. The molecule has 2 aromatic carbocycles. The first-order valence-electron chi connectivity index (χ1n) is 9.25. The molecule has 144 valence electrons. The van der Waals surface area contributed by atoms with Crippen LogP contribution >= 0.6 is 0 Å². The molecule has 2 atom stereocenters. The Balaban J connectivity index is 2.07. The molecule has 5 nitrogen and oxygen atoms in total. The zero-order valence-corrected chi connectivity index (χ0v) is 16.6. The summed E-state index contributed by atoms with van der Waals surface area (Å²) in [5.74, 6) is -0.323. The number of hydrogen-bond donors (Lipinski definition) is 1. The molecule has 2 unspecified atom stereocenters. The number of hydrogen-bond acceptors (Lipinski definition) is 3. The summed E-state index contributed by atoms with van der Waals surface area (Å²) >= 11 is 0. The van der Waals surface area contributed by atoms with Gasteiger partial charge in [0.05, 0.1) is 5.92 Å². The van der Waals surface area contributed by atoms with Gasteiger partial charge in [0, 0.05) is 38.8 Å². The smallest absolute Gasteiger partial charge is 0.253 e. The molecule has 2 amide bonds. The predicted octanol–water partition coefficient (Wildman–Crippen LogP) is 3.07. The van der Waals surface area contributed by atoms with Gasteiger partial charge >= 0.3 is 0 Å². The zero-order chi connectivity index (χ0) is 20.0. The summed E-state index contributed by atoms with van der Waals surface area (Å²) < 4.78 is 0. The van der Waals surface area contributed by atoms with Crippen LogP contribution in [0.2, 0.25) is 0 Å². The molecule has 0 aliphatic carbocycles. The Hall–Kier alpha value is -2.66. The molecule has 2 aromatic rings. The highest BCUT2D eigenvalue weighted by Gasteiger charge is 2.26. The third kappa shape index (κ3) is 5.17. The second-order valence-electron chi connectivity index (χ2n) is 6.97. The van der Waals surface area contributed by atoms with E-state index in [0.717, 1.165) is 11.1 Å². The minimum Gasteiger partial charge on any atom is -0.345 e. The van der Waals surface area contributed by atoms with E-state index in [1.807, 2.05) is 56.3 Å². The molecule has 0 heterocycles. The Morgan fingerprint density at radius 3 is 2.11 bits per heavy atom. The molecule has 2 N–H and O–H groups in total. The zero-order valence-electron chi connectivity index (χ0n) is 16.6. The number of benzene rings is 2. The Labute approximate surface area is 161 Å². The largest absolute Gasteiger partial charge is 0.345 e. The molecular weight excluding hydrogens is 338 g/mol. The molecule has 2 rings (SSSR count). The standard InChI is InChI=1S/C22H29N3O2/c1-5-25(15-17-11-13-19(14-12-17)22(27)24(3)4)21(26)16(2)20(23)18-9-7-6-8-10-18/h6-14,16,20H,5,15,23H2,1-4H3. The van der Waals surface area contributed by atoms with Crippen LogP contribution in [0.5, 0.6) is 0 Å². The van der Waals surface area contributed by atoms with Gasteiger partial charge in [0.1, 0.15) is 0 Å². The van der Waals surface area contributed by atoms with E-state index < -0.39 is 0 Å². The van der Waals surface area contributed by atoms with Gasteiger partial charge in [-0.1, -0.05) is 49.4 Å². The van der Waals surface area contributed by atoms with Gasteiger partial charge in [0.25, 0.3) is 5.91 Å². The maximum atomic E-state index is 12.9. The van der Waals surface area contributed by atoms with Gasteiger partial charge < -0.3 is 15.5 Å². The fraction of sp³-hybridized carbons (Fsp3) is 0.364. The van der Waals surface area contributed by atoms with Crippen molar-refractivity contribution in [1.29, 1.82) is 0 Å². The van der Waals surface area contributed by atoms with E-state index >= 15 is 0 Å². The van der Waals surface area contributed by atoms with Crippen LogP contribution < -0.4 is 5.73 Å². The van der Waals surface area contributed by atoms with Crippen molar-refractivity contribution in [1.82, 2.24) is 9.80 Å². The lowest BCUT2D eigenvalue weighted by atomic mass is 9.94. The predicted molar refractivity (Wildman–Crippen MR) is 108 cm³/mol. The maximum Gasteiger partial charge on any atom is 0.253 e. The molecular formula is C22H29N3O2. The van der Waals surface area contributed by atoms with E-state index in [1.165, 1.54) is 0 Å². The van der Waals surface area contributed by atoms with Gasteiger partial charge in [-0.2, -0.15) is 0 Å². The molecule has 0 radical (unpaired) electrons. The lowest BCUT2D eigenvalue weighted by Crippen LogP contribution is -2.39. The molecule has 0 aliphatic heterocycles. The minimum absolute atomic E-state index is 0.0299. The quantitative estimate of drug-likeness (QED) is 0.818. The van der Waals surface area contributed by atoms with Gasteiger partial charge in [-0.25, -0.2) is 0 Å². The lowest BCUT2D eigenvalue weighted by molar-refractivity contribution is -0.136.